The lowest BCUT2D eigenvalue weighted by Crippen LogP contribution is -2.47. The fourth-order valence-corrected chi connectivity index (χ4v) is 2.21. The van der Waals surface area contributed by atoms with E-state index in [1.165, 1.54) is 0 Å². The van der Waals surface area contributed by atoms with Crippen molar-refractivity contribution in [2.45, 2.75) is 0 Å². The summed E-state index contributed by atoms with van der Waals surface area (Å²) in [6.07, 6.45) is 1.85. The minimum Gasteiger partial charge on any atom is -0.383 e. The van der Waals surface area contributed by atoms with Gasteiger partial charge in [-0.2, -0.15) is 0 Å². The summed E-state index contributed by atoms with van der Waals surface area (Å²) >= 11 is 3.40. The van der Waals surface area contributed by atoms with Gasteiger partial charge in [-0.1, -0.05) is 0 Å². The van der Waals surface area contributed by atoms with Crippen molar-refractivity contribution in [2.75, 3.05) is 51.3 Å². The Labute approximate surface area is 111 Å². The van der Waals surface area contributed by atoms with E-state index in [1.807, 2.05) is 12.3 Å². The average molecular weight is 300 g/mol. The summed E-state index contributed by atoms with van der Waals surface area (Å²) in [4.78, 5) is 9.18. The number of ether oxygens (including phenoxy) is 1. The monoisotopic (exact) mass is 299 g/mol. The molecule has 1 saturated heterocycles. The first-order chi connectivity index (χ1) is 8.29. The maximum Gasteiger partial charge on any atom is 0.128 e. The first kappa shape index (κ1) is 12.8. The predicted molar refractivity (Wildman–Crippen MR) is 72.5 cm³/mol. The Balaban J connectivity index is 1.84. The number of rotatable bonds is 4. The molecule has 0 amide bonds. The van der Waals surface area contributed by atoms with Crippen LogP contribution in [0.15, 0.2) is 22.8 Å². The highest BCUT2D eigenvalue weighted by molar-refractivity contribution is 9.10. The molecule has 0 bridgehead atoms. The van der Waals surface area contributed by atoms with Crippen molar-refractivity contribution >= 4 is 21.7 Å². The van der Waals surface area contributed by atoms with Crippen LogP contribution in [-0.4, -0.2) is 56.3 Å². The Bertz CT molecular complexity index is 336. The van der Waals surface area contributed by atoms with E-state index in [1.54, 1.807) is 7.11 Å². The molecule has 17 heavy (non-hydrogen) atoms. The number of hydrogen-bond acceptors (Lipinski definition) is 4. The Hall–Kier alpha value is -0.650. The predicted octanol–water partition coefficient (Wildman–Crippen LogP) is 1.61. The van der Waals surface area contributed by atoms with E-state index in [0.29, 0.717) is 0 Å². The normalized spacial score (nSPS) is 17.4. The average Bonchev–Trinajstić information content (AvgIpc) is 2.38. The third kappa shape index (κ3) is 3.66. The van der Waals surface area contributed by atoms with Gasteiger partial charge in [-0.3, -0.25) is 4.90 Å². The van der Waals surface area contributed by atoms with Gasteiger partial charge >= 0.3 is 0 Å². The van der Waals surface area contributed by atoms with Crippen LogP contribution in [-0.2, 0) is 4.74 Å². The van der Waals surface area contributed by atoms with E-state index in [-0.39, 0.29) is 0 Å². The first-order valence-corrected chi connectivity index (χ1v) is 6.66. The summed E-state index contributed by atoms with van der Waals surface area (Å²) in [6.45, 7) is 6.09. The molecule has 1 aromatic heterocycles. The quantitative estimate of drug-likeness (QED) is 0.845. The molecule has 5 heteroatoms. The van der Waals surface area contributed by atoms with Crippen LogP contribution in [0.25, 0.3) is 0 Å². The van der Waals surface area contributed by atoms with Crippen molar-refractivity contribution in [3.8, 4) is 0 Å². The van der Waals surface area contributed by atoms with Crippen LogP contribution in [0.1, 0.15) is 0 Å². The van der Waals surface area contributed by atoms with Crippen molar-refractivity contribution < 1.29 is 4.74 Å². The number of hydrogen-bond donors (Lipinski definition) is 0. The van der Waals surface area contributed by atoms with Crippen LogP contribution in [0.5, 0.6) is 0 Å². The van der Waals surface area contributed by atoms with Gasteiger partial charge in [0.15, 0.2) is 0 Å². The summed E-state index contributed by atoms with van der Waals surface area (Å²) < 4.78 is 6.12. The molecular weight excluding hydrogens is 282 g/mol. The summed E-state index contributed by atoms with van der Waals surface area (Å²) in [5, 5.41) is 0. The van der Waals surface area contributed by atoms with Gasteiger partial charge in [0, 0.05) is 50.5 Å². The molecule has 0 saturated carbocycles. The largest absolute Gasteiger partial charge is 0.383 e. The number of anilines is 1. The second-order valence-corrected chi connectivity index (χ2v) is 5.07. The summed E-state index contributed by atoms with van der Waals surface area (Å²) in [6, 6.07) is 4.11. The zero-order valence-electron chi connectivity index (χ0n) is 10.1. The van der Waals surface area contributed by atoms with Crippen molar-refractivity contribution in [2.24, 2.45) is 0 Å². The lowest BCUT2D eigenvalue weighted by molar-refractivity contribution is 0.144. The third-order valence-electron chi connectivity index (χ3n) is 3.02. The fraction of sp³-hybridized carbons (Fsp3) is 0.583. The Kier molecular flexibility index (Phi) is 4.76. The maximum atomic E-state index is 5.10. The zero-order valence-corrected chi connectivity index (χ0v) is 11.7. The summed E-state index contributed by atoms with van der Waals surface area (Å²) in [5.74, 6) is 1.07. The molecule has 0 radical (unpaired) electrons. The molecular formula is C12H18BrN3O. The second kappa shape index (κ2) is 6.33. The Morgan fingerprint density at radius 1 is 1.29 bits per heavy atom. The molecule has 4 nitrogen and oxygen atoms in total. The van der Waals surface area contributed by atoms with E-state index in [9.17, 15) is 0 Å². The molecule has 1 aliphatic heterocycles. The van der Waals surface area contributed by atoms with Crippen molar-refractivity contribution in [3.63, 3.8) is 0 Å². The zero-order chi connectivity index (χ0) is 12.1. The number of aromatic nitrogens is 1. The minimum atomic E-state index is 0.816. The van der Waals surface area contributed by atoms with Gasteiger partial charge in [0.25, 0.3) is 0 Å². The topological polar surface area (TPSA) is 28.6 Å². The van der Waals surface area contributed by atoms with Gasteiger partial charge in [-0.25, -0.2) is 4.98 Å². The van der Waals surface area contributed by atoms with Crippen molar-refractivity contribution in [3.05, 3.63) is 22.8 Å². The number of piperazine rings is 1. The van der Waals surface area contributed by atoms with Crippen LogP contribution in [0.4, 0.5) is 5.82 Å². The van der Waals surface area contributed by atoms with Gasteiger partial charge in [0.2, 0.25) is 0 Å². The standard InChI is InChI=1S/C12H18BrN3O/c1-17-9-8-15-4-6-16(7-5-15)12-3-2-11(13)10-14-12/h2-3,10H,4-9H2,1H3. The van der Waals surface area contributed by atoms with Gasteiger partial charge in [0.05, 0.1) is 6.61 Å². The number of nitrogens with zero attached hydrogens (tertiary/aromatic N) is 3. The molecule has 0 atom stereocenters. The van der Waals surface area contributed by atoms with Gasteiger partial charge in [-0.15, -0.1) is 0 Å². The van der Waals surface area contributed by atoms with Crippen molar-refractivity contribution in [1.29, 1.82) is 0 Å². The van der Waals surface area contributed by atoms with Crippen LogP contribution in [0, 0.1) is 0 Å². The molecule has 0 spiro atoms. The molecule has 1 fully saturated rings. The lowest BCUT2D eigenvalue weighted by Gasteiger charge is -2.35. The van der Waals surface area contributed by atoms with Crippen molar-refractivity contribution in [1.82, 2.24) is 9.88 Å². The highest BCUT2D eigenvalue weighted by Crippen LogP contribution is 2.16. The van der Waals surface area contributed by atoms with E-state index < -0.39 is 0 Å². The fourth-order valence-electron chi connectivity index (χ4n) is 1.98. The van der Waals surface area contributed by atoms with Crippen LogP contribution in [0.2, 0.25) is 0 Å². The number of pyridine rings is 1. The summed E-state index contributed by atoms with van der Waals surface area (Å²) in [5.41, 5.74) is 0. The summed E-state index contributed by atoms with van der Waals surface area (Å²) in [7, 11) is 1.75. The molecule has 94 valence electrons. The first-order valence-electron chi connectivity index (χ1n) is 5.87. The minimum absolute atomic E-state index is 0.816. The molecule has 1 aromatic rings. The van der Waals surface area contributed by atoms with Crippen LogP contribution < -0.4 is 4.90 Å². The van der Waals surface area contributed by atoms with Gasteiger partial charge in [-0.05, 0) is 28.1 Å². The molecule has 0 unspecified atom stereocenters. The highest BCUT2D eigenvalue weighted by atomic mass is 79.9. The SMILES string of the molecule is COCCN1CCN(c2ccc(Br)cn2)CC1. The number of halogens is 1. The van der Waals surface area contributed by atoms with E-state index in [2.05, 4.69) is 36.8 Å². The smallest absolute Gasteiger partial charge is 0.128 e. The second-order valence-electron chi connectivity index (χ2n) is 4.16. The molecule has 1 aliphatic rings. The van der Waals surface area contributed by atoms with E-state index in [4.69, 9.17) is 4.74 Å². The lowest BCUT2D eigenvalue weighted by atomic mass is 10.3. The Morgan fingerprint density at radius 2 is 2.06 bits per heavy atom. The van der Waals surface area contributed by atoms with Crippen LogP contribution in [0.3, 0.4) is 0 Å². The molecule has 2 heterocycles. The maximum absolute atomic E-state index is 5.10. The molecule has 2 rings (SSSR count). The van der Waals surface area contributed by atoms with E-state index >= 15 is 0 Å². The third-order valence-corrected chi connectivity index (χ3v) is 3.49. The van der Waals surface area contributed by atoms with Crippen LogP contribution >= 0.6 is 15.9 Å². The number of methoxy groups -OCH3 is 1. The highest BCUT2D eigenvalue weighted by Gasteiger charge is 2.17. The van der Waals surface area contributed by atoms with E-state index in [0.717, 1.165) is 49.6 Å². The molecule has 0 aromatic carbocycles. The molecule has 0 N–H and O–H groups in total. The van der Waals surface area contributed by atoms with Gasteiger partial charge < -0.3 is 9.64 Å². The van der Waals surface area contributed by atoms with Gasteiger partial charge in [0.1, 0.15) is 5.82 Å². The molecule has 0 aliphatic carbocycles. The Morgan fingerprint density at radius 3 is 2.65 bits per heavy atom.